The summed E-state index contributed by atoms with van der Waals surface area (Å²) in [4.78, 5) is 11.8. The van der Waals surface area contributed by atoms with E-state index in [2.05, 4.69) is 0 Å². The summed E-state index contributed by atoms with van der Waals surface area (Å²) in [5, 5.41) is 0. The van der Waals surface area contributed by atoms with E-state index in [1.807, 2.05) is 0 Å². The second-order valence-electron chi connectivity index (χ2n) is 7.44. The van der Waals surface area contributed by atoms with Crippen LogP contribution in [0.5, 0.6) is 17.2 Å². The molecule has 1 aliphatic heterocycles. The summed E-state index contributed by atoms with van der Waals surface area (Å²) < 4.78 is 88.6. The van der Waals surface area contributed by atoms with E-state index < -0.39 is 27.7 Å². The molecule has 2 aromatic rings. The van der Waals surface area contributed by atoms with Gasteiger partial charge >= 0.3 is 12.1 Å². The average molecular weight is 516 g/mol. The van der Waals surface area contributed by atoms with Crippen LogP contribution >= 0.6 is 0 Å². The number of hydrogen-bond donors (Lipinski definition) is 0. The van der Waals surface area contributed by atoms with E-state index >= 15 is 0 Å². The molecule has 0 amide bonds. The van der Waals surface area contributed by atoms with Crippen LogP contribution < -0.4 is 14.2 Å². The molecule has 35 heavy (non-hydrogen) atoms. The van der Waals surface area contributed by atoms with Gasteiger partial charge in [-0.15, -0.1) is 0 Å². The number of sulfonamides is 1. The van der Waals surface area contributed by atoms with Gasteiger partial charge in [-0.3, -0.25) is 0 Å². The van der Waals surface area contributed by atoms with Crippen molar-refractivity contribution in [3.05, 3.63) is 53.1 Å². The van der Waals surface area contributed by atoms with Crippen LogP contribution in [0.2, 0.25) is 0 Å². The highest BCUT2D eigenvalue weighted by atomic mass is 32.2. The number of halogens is 3. The van der Waals surface area contributed by atoms with Crippen molar-refractivity contribution < 1.29 is 45.3 Å². The maximum atomic E-state index is 13.4. The Kier molecular flexibility index (Phi) is 7.65. The number of rotatable bonds is 7. The van der Waals surface area contributed by atoms with Gasteiger partial charge in [-0.2, -0.15) is 17.5 Å². The lowest BCUT2D eigenvalue weighted by molar-refractivity contribution is -0.138. The minimum Gasteiger partial charge on any atom is -0.493 e. The van der Waals surface area contributed by atoms with Crippen molar-refractivity contribution in [1.82, 2.24) is 4.31 Å². The van der Waals surface area contributed by atoms with Crippen LogP contribution in [0.1, 0.15) is 23.6 Å². The first-order valence-corrected chi connectivity index (χ1v) is 11.8. The number of esters is 1. The summed E-state index contributed by atoms with van der Waals surface area (Å²) in [6.45, 7) is 1.09. The normalized spacial score (nSPS) is 16.5. The van der Waals surface area contributed by atoms with Crippen LogP contribution in [0.3, 0.4) is 0 Å². The fraction of sp³-hybridized carbons (Fsp3) is 0.348. The number of benzene rings is 2. The summed E-state index contributed by atoms with van der Waals surface area (Å²) in [5.74, 6) is 0.119. The molecule has 0 fully saturated rings. The summed E-state index contributed by atoms with van der Waals surface area (Å²) in [6, 6.07) is 5.45. The van der Waals surface area contributed by atoms with Crippen molar-refractivity contribution in [2.24, 2.45) is 0 Å². The third kappa shape index (κ3) is 5.38. The Morgan fingerprint density at radius 1 is 1.06 bits per heavy atom. The molecule has 8 nitrogen and oxygen atoms in total. The van der Waals surface area contributed by atoms with Gasteiger partial charge < -0.3 is 18.9 Å². The zero-order chi connectivity index (χ0) is 26.0. The predicted octanol–water partition coefficient (Wildman–Crippen LogP) is 3.88. The topological polar surface area (TPSA) is 91.4 Å². The lowest BCUT2D eigenvalue weighted by atomic mass is 10.0. The molecule has 0 atom stereocenters. The minimum atomic E-state index is -4.69. The van der Waals surface area contributed by atoms with E-state index in [4.69, 9.17) is 18.9 Å². The van der Waals surface area contributed by atoms with Crippen LogP contribution in [-0.4, -0.2) is 53.2 Å². The molecule has 0 saturated carbocycles. The van der Waals surface area contributed by atoms with Crippen molar-refractivity contribution in [3.8, 4) is 17.2 Å². The Balaban J connectivity index is 2.13. The number of carbonyl (C=O) groups is 1. The molecule has 3 rings (SSSR count). The monoisotopic (exact) mass is 515 g/mol. The molecule has 2 aromatic carbocycles. The maximum Gasteiger partial charge on any atom is 0.416 e. The summed E-state index contributed by atoms with van der Waals surface area (Å²) in [6.07, 6.45) is -3.68. The van der Waals surface area contributed by atoms with Gasteiger partial charge in [-0.05, 0) is 54.0 Å². The van der Waals surface area contributed by atoms with Gasteiger partial charge in [0.1, 0.15) is 0 Å². The first-order chi connectivity index (χ1) is 16.5. The molecular weight excluding hydrogens is 491 g/mol. The van der Waals surface area contributed by atoms with Crippen LogP contribution in [0.15, 0.2) is 41.3 Å². The quantitative estimate of drug-likeness (QED) is 0.408. The van der Waals surface area contributed by atoms with E-state index in [-0.39, 0.29) is 35.7 Å². The summed E-state index contributed by atoms with van der Waals surface area (Å²) in [5.41, 5.74) is -0.686. The molecule has 190 valence electrons. The minimum absolute atomic E-state index is 0.0471. The van der Waals surface area contributed by atoms with E-state index in [0.29, 0.717) is 28.9 Å². The zero-order valence-corrected chi connectivity index (χ0v) is 20.2. The molecule has 1 heterocycles. The Labute approximate surface area is 200 Å². The Morgan fingerprint density at radius 2 is 1.69 bits per heavy atom. The number of hydrogen-bond acceptors (Lipinski definition) is 7. The van der Waals surface area contributed by atoms with Crippen molar-refractivity contribution in [3.63, 3.8) is 0 Å². The van der Waals surface area contributed by atoms with Crippen molar-refractivity contribution in [1.29, 1.82) is 0 Å². The summed E-state index contributed by atoms with van der Waals surface area (Å²) >= 11 is 0. The van der Waals surface area contributed by atoms with E-state index in [9.17, 15) is 26.4 Å². The standard InChI is InChI=1S/C23H24F3NO7S/c1-5-34-21(28)10-15-13-27(12-14-8-18(31-2)22(33-4)19(9-14)32-3)35(29,30)20-7-6-16(11-17(15)20)23(24,25)26/h6-11H,5,12-13H2,1-4H3/b15-10+. The smallest absolute Gasteiger partial charge is 0.416 e. The van der Waals surface area contributed by atoms with Crippen molar-refractivity contribution >= 4 is 21.6 Å². The molecule has 0 unspecified atom stereocenters. The van der Waals surface area contributed by atoms with E-state index in [1.54, 1.807) is 19.1 Å². The molecule has 0 N–H and O–H groups in total. The number of nitrogens with zero attached hydrogens (tertiary/aromatic N) is 1. The largest absolute Gasteiger partial charge is 0.493 e. The fourth-order valence-electron chi connectivity index (χ4n) is 3.70. The van der Waals surface area contributed by atoms with Crippen LogP contribution in [0, 0.1) is 0 Å². The van der Waals surface area contributed by atoms with E-state index in [1.165, 1.54) is 21.3 Å². The Hall–Kier alpha value is -3.25. The van der Waals surface area contributed by atoms with Gasteiger partial charge in [0.15, 0.2) is 11.5 Å². The molecule has 0 spiro atoms. The van der Waals surface area contributed by atoms with Crippen LogP contribution in [0.4, 0.5) is 13.2 Å². The Morgan fingerprint density at radius 3 is 2.20 bits per heavy atom. The highest BCUT2D eigenvalue weighted by Crippen LogP contribution is 2.41. The number of methoxy groups -OCH3 is 3. The fourth-order valence-corrected chi connectivity index (χ4v) is 5.32. The molecule has 1 aliphatic rings. The third-order valence-corrected chi connectivity index (χ3v) is 7.13. The number of fused-ring (bicyclic) bond motifs is 1. The van der Waals surface area contributed by atoms with Gasteiger partial charge in [0, 0.05) is 19.2 Å². The zero-order valence-electron chi connectivity index (χ0n) is 19.4. The second kappa shape index (κ2) is 10.2. The molecule has 0 saturated heterocycles. The highest BCUT2D eigenvalue weighted by Gasteiger charge is 2.38. The van der Waals surface area contributed by atoms with Crippen molar-refractivity contribution in [2.75, 3.05) is 34.5 Å². The van der Waals surface area contributed by atoms with Gasteiger partial charge in [0.25, 0.3) is 0 Å². The molecule has 0 aromatic heterocycles. The maximum absolute atomic E-state index is 13.4. The molecule has 12 heteroatoms. The lowest BCUT2D eigenvalue weighted by Gasteiger charge is -2.31. The van der Waals surface area contributed by atoms with Gasteiger partial charge in [0.05, 0.1) is 38.4 Å². The molecule has 0 aliphatic carbocycles. The van der Waals surface area contributed by atoms with Gasteiger partial charge in [-0.1, -0.05) is 0 Å². The van der Waals surface area contributed by atoms with Crippen LogP contribution in [0.25, 0.3) is 5.57 Å². The molecule has 0 radical (unpaired) electrons. The molecule has 0 bridgehead atoms. The number of carbonyl (C=O) groups excluding carboxylic acids is 1. The number of ether oxygens (including phenoxy) is 4. The second-order valence-corrected chi connectivity index (χ2v) is 9.34. The van der Waals surface area contributed by atoms with Crippen molar-refractivity contribution in [2.45, 2.75) is 24.5 Å². The third-order valence-electron chi connectivity index (χ3n) is 5.28. The average Bonchev–Trinajstić information content (AvgIpc) is 2.80. The van der Waals surface area contributed by atoms with E-state index in [0.717, 1.165) is 22.5 Å². The number of alkyl halides is 3. The van der Waals surface area contributed by atoms with Gasteiger partial charge in [-0.25, -0.2) is 13.2 Å². The Bertz CT molecular complexity index is 1230. The van der Waals surface area contributed by atoms with Crippen LogP contribution in [-0.2, 0) is 32.3 Å². The predicted molar refractivity (Wildman–Crippen MR) is 120 cm³/mol. The first-order valence-electron chi connectivity index (χ1n) is 10.3. The first kappa shape index (κ1) is 26.4. The SMILES string of the molecule is CCOC(=O)/C=C1\CN(Cc2cc(OC)c(OC)c(OC)c2)S(=O)(=O)c2ccc(C(F)(F)F)cc21. The summed E-state index contributed by atoms with van der Waals surface area (Å²) in [7, 11) is 0.0256. The van der Waals surface area contributed by atoms with Gasteiger partial charge in [0.2, 0.25) is 15.8 Å². The lowest BCUT2D eigenvalue weighted by Crippen LogP contribution is -2.36. The molecular formula is C23H24F3NO7S. The highest BCUT2D eigenvalue weighted by molar-refractivity contribution is 7.89.